The van der Waals surface area contributed by atoms with Crippen molar-refractivity contribution in [2.75, 3.05) is 18.4 Å². The number of nitrogens with two attached hydrogens (primary N) is 2. The Kier molecular flexibility index (Phi) is 3.95. The van der Waals surface area contributed by atoms with Crippen molar-refractivity contribution in [3.63, 3.8) is 0 Å². The lowest BCUT2D eigenvalue weighted by molar-refractivity contribution is 0.633. The molecule has 24 heavy (non-hydrogen) atoms. The van der Waals surface area contributed by atoms with E-state index in [2.05, 4.69) is 27.2 Å². The molecule has 1 fully saturated rings. The Morgan fingerprint density at radius 1 is 1.38 bits per heavy atom. The molecule has 4 rings (SSSR count). The van der Waals surface area contributed by atoms with Gasteiger partial charge in [0.1, 0.15) is 11.7 Å². The maximum Gasteiger partial charge on any atom is 0.150 e. The van der Waals surface area contributed by atoms with Gasteiger partial charge in [-0.1, -0.05) is 12.1 Å². The zero-order valence-corrected chi connectivity index (χ0v) is 14.1. The van der Waals surface area contributed by atoms with E-state index in [-0.39, 0.29) is 0 Å². The highest BCUT2D eigenvalue weighted by Crippen LogP contribution is 2.33. The Labute approximate surface area is 143 Å². The summed E-state index contributed by atoms with van der Waals surface area (Å²) in [4.78, 5) is 4.83. The highest BCUT2D eigenvalue weighted by atomic mass is 32.1. The van der Waals surface area contributed by atoms with E-state index in [1.54, 1.807) is 11.3 Å². The van der Waals surface area contributed by atoms with Crippen LogP contribution in [-0.2, 0) is 0 Å². The number of amidine groups is 1. The van der Waals surface area contributed by atoms with Crippen molar-refractivity contribution >= 4 is 44.0 Å². The predicted molar refractivity (Wildman–Crippen MR) is 102 cm³/mol. The van der Waals surface area contributed by atoms with Gasteiger partial charge in [-0.25, -0.2) is 4.98 Å². The summed E-state index contributed by atoms with van der Waals surface area (Å²) in [6.45, 7) is 1.99. The summed E-state index contributed by atoms with van der Waals surface area (Å²) >= 11 is 1.71. The van der Waals surface area contributed by atoms with Gasteiger partial charge in [0.05, 0.1) is 10.2 Å². The van der Waals surface area contributed by atoms with Gasteiger partial charge >= 0.3 is 0 Å². The number of thiophene rings is 1. The molecule has 6 N–H and O–H groups in total. The molecule has 1 saturated heterocycles. The SMILES string of the molecule is N/N=C(\N)c1ccc2c(c1)nc(NCC1CCCN1)c1sccc12. The number of benzene rings is 1. The molecule has 2 aromatic heterocycles. The summed E-state index contributed by atoms with van der Waals surface area (Å²) in [6.07, 6.45) is 2.45. The van der Waals surface area contributed by atoms with Crippen LogP contribution in [-0.4, -0.2) is 30.0 Å². The van der Waals surface area contributed by atoms with Gasteiger partial charge in [0.2, 0.25) is 0 Å². The van der Waals surface area contributed by atoms with Crippen LogP contribution in [0.25, 0.3) is 21.0 Å². The van der Waals surface area contributed by atoms with Crippen molar-refractivity contribution in [2.45, 2.75) is 18.9 Å². The number of aromatic nitrogens is 1. The smallest absolute Gasteiger partial charge is 0.150 e. The first kappa shape index (κ1) is 15.2. The molecule has 0 aliphatic carbocycles. The van der Waals surface area contributed by atoms with Crippen LogP contribution in [0, 0.1) is 0 Å². The minimum absolute atomic E-state index is 0.314. The van der Waals surface area contributed by atoms with E-state index < -0.39 is 0 Å². The van der Waals surface area contributed by atoms with E-state index in [4.69, 9.17) is 16.6 Å². The molecule has 124 valence electrons. The number of rotatable bonds is 4. The monoisotopic (exact) mass is 340 g/mol. The average molecular weight is 340 g/mol. The fraction of sp³-hybridized carbons (Fsp3) is 0.294. The van der Waals surface area contributed by atoms with Crippen molar-refractivity contribution in [1.29, 1.82) is 0 Å². The van der Waals surface area contributed by atoms with E-state index in [0.717, 1.165) is 35.4 Å². The van der Waals surface area contributed by atoms with Crippen molar-refractivity contribution < 1.29 is 0 Å². The van der Waals surface area contributed by atoms with Crippen LogP contribution in [0.2, 0.25) is 0 Å². The second kappa shape index (κ2) is 6.26. The molecule has 0 spiro atoms. The number of nitrogens with one attached hydrogen (secondary N) is 2. The predicted octanol–water partition coefficient (Wildman–Crippen LogP) is 2.19. The Morgan fingerprint density at radius 3 is 3.08 bits per heavy atom. The third-order valence-corrected chi connectivity index (χ3v) is 5.43. The molecule has 1 unspecified atom stereocenters. The maximum atomic E-state index is 5.83. The number of hydrazone groups is 1. The van der Waals surface area contributed by atoms with Crippen LogP contribution in [0.3, 0.4) is 0 Å². The number of hydrogen-bond donors (Lipinski definition) is 4. The lowest BCUT2D eigenvalue weighted by Gasteiger charge is -2.14. The van der Waals surface area contributed by atoms with E-state index >= 15 is 0 Å². The first-order valence-electron chi connectivity index (χ1n) is 8.08. The van der Waals surface area contributed by atoms with Gasteiger partial charge in [0.25, 0.3) is 0 Å². The van der Waals surface area contributed by atoms with E-state index in [0.29, 0.717) is 11.9 Å². The standard InChI is InChI=1S/C17H20N6S/c18-16(23-19)10-3-4-12-13-5-7-24-15(13)17(22-14(12)8-10)21-9-11-2-1-6-20-11/h3-5,7-8,11,20H,1-2,6,9,19H2,(H2,18,23)(H,21,22). The third kappa shape index (κ3) is 2.65. The van der Waals surface area contributed by atoms with Crippen LogP contribution in [0.4, 0.5) is 5.82 Å². The molecule has 1 aliphatic rings. The van der Waals surface area contributed by atoms with Crippen molar-refractivity contribution in [3.05, 3.63) is 35.2 Å². The van der Waals surface area contributed by atoms with Gasteiger partial charge in [0, 0.05) is 28.9 Å². The van der Waals surface area contributed by atoms with Gasteiger partial charge in [-0.05, 0) is 36.9 Å². The average Bonchev–Trinajstić information content (AvgIpc) is 3.30. The molecule has 0 radical (unpaired) electrons. The Morgan fingerprint density at radius 2 is 2.29 bits per heavy atom. The molecule has 3 aromatic rings. The van der Waals surface area contributed by atoms with Crippen LogP contribution < -0.4 is 22.2 Å². The molecule has 0 amide bonds. The second-order valence-corrected chi connectivity index (χ2v) is 6.96. The van der Waals surface area contributed by atoms with Gasteiger partial charge < -0.3 is 22.2 Å². The van der Waals surface area contributed by atoms with Gasteiger partial charge in [-0.2, -0.15) is 5.10 Å². The van der Waals surface area contributed by atoms with Crippen LogP contribution in [0.1, 0.15) is 18.4 Å². The summed E-state index contributed by atoms with van der Waals surface area (Å²) in [5.74, 6) is 6.54. The number of anilines is 1. The van der Waals surface area contributed by atoms with Gasteiger partial charge in [0.15, 0.2) is 0 Å². The Bertz CT molecular complexity index is 910. The zero-order chi connectivity index (χ0) is 16.5. The van der Waals surface area contributed by atoms with E-state index in [1.165, 1.54) is 22.9 Å². The summed E-state index contributed by atoms with van der Waals surface area (Å²) < 4.78 is 1.19. The highest BCUT2D eigenvalue weighted by molar-refractivity contribution is 7.18. The van der Waals surface area contributed by atoms with E-state index in [9.17, 15) is 0 Å². The Balaban J connectivity index is 1.77. The molecular weight excluding hydrogens is 320 g/mol. The van der Waals surface area contributed by atoms with Crippen LogP contribution >= 0.6 is 11.3 Å². The fourth-order valence-electron chi connectivity index (χ4n) is 3.23. The first-order chi connectivity index (χ1) is 11.8. The maximum absolute atomic E-state index is 5.83. The lowest BCUT2D eigenvalue weighted by atomic mass is 10.1. The van der Waals surface area contributed by atoms with Crippen molar-refractivity contribution in [2.24, 2.45) is 16.7 Å². The third-order valence-electron chi connectivity index (χ3n) is 4.51. The number of fused-ring (bicyclic) bond motifs is 3. The molecule has 1 atom stereocenters. The van der Waals surface area contributed by atoms with Crippen molar-refractivity contribution in [1.82, 2.24) is 10.3 Å². The minimum Gasteiger partial charge on any atom is -0.382 e. The molecule has 0 saturated carbocycles. The molecule has 0 bridgehead atoms. The number of pyridine rings is 1. The highest BCUT2D eigenvalue weighted by Gasteiger charge is 2.16. The molecule has 3 heterocycles. The first-order valence-corrected chi connectivity index (χ1v) is 8.96. The number of hydrogen-bond acceptors (Lipinski definition) is 6. The van der Waals surface area contributed by atoms with E-state index in [1.807, 2.05) is 18.2 Å². The zero-order valence-electron chi connectivity index (χ0n) is 13.2. The van der Waals surface area contributed by atoms with Gasteiger partial charge in [-0.15, -0.1) is 11.3 Å². The molecule has 1 aliphatic heterocycles. The van der Waals surface area contributed by atoms with Crippen LogP contribution in [0.15, 0.2) is 34.7 Å². The van der Waals surface area contributed by atoms with Gasteiger partial charge in [-0.3, -0.25) is 0 Å². The van der Waals surface area contributed by atoms with Crippen LogP contribution in [0.5, 0.6) is 0 Å². The lowest BCUT2D eigenvalue weighted by Crippen LogP contribution is -2.29. The number of nitrogens with zero attached hydrogens (tertiary/aromatic N) is 2. The largest absolute Gasteiger partial charge is 0.382 e. The second-order valence-electron chi connectivity index (χ2n) is 6.04. The normalized spacial score (nSPS) is 18.5. The Hall–Kier alpha value is -2.38. The molecule has 6 nitrogen and oxygen atoms in total. The fourth-order valence-corrected chi connectivity index (χ4v) is 4.11. The summed E-state index contributed by atoms with van der Waals surface area (Å²) in [5.41, 5.74) is 7.52. The topological polar surface area (TPSA) is 101 Å². The molecule has 7 heteroatoms. The molecule has 1 aromatic carbocycles. The summed E-state index contributed by atoms with van der Waals surface area (Å²) in [7, 11) is 0. The quantitative estimate of drug-likeness (QED) is 0.252. The summed E-state index contributed by atoms with van der Waals surface area (Å²) in [6, 6.07) is 8.57. The minimum atomic E-state index is 0.314. The van der Waals surface area contributed by atoms with Crippen molar-refractivity contribution in [3.8, 4) is 0 Å². The summed E-state index contributed by atoms with van der Waals surface area (Å²) in [5, 5.41) is 15.0. The molecular formula is C17H20N6S.